The minimum absolute atomic E-state index is 0.0399. The first-order valence-electron chi connectivity index (χ1n) is 8.32. The smallest absolute Gasteiger partial charge is 0.303 e. The van der Waals surface area contributed by atoms with Crippen LogP contribution in [-0.4, -0.2) is 54.6 Å². The van der Waals surface area contributed by atoms with Gasteiger partial charge in [0.1, 0.15) is 6.29 Å². The highest BCUT2D eigenvalue weighted by Crippen LogP contribution is 2.26. The molecule has 0 spiro atoms. The van der Waals surface area contributed by atoms with Crippen molar-refractivity contribution in [2.75, 3.05) is 20.8 Å². The van der Waals surface area contributed by atoms with E-state index in [-0.39, 0.29) is 17.9 Å². The number of carbonyl (C=O) groups excluding carboxylic acids is 1. The standard InChI is InChI=1S/C12H15NO4.C8H8O3/c1-17-11-7-9(4-5-10(11)14)8-13-6-2-3-12(15)16;1-11-8-4-6(5-9)2-3-7(8)10/h4-5,7-8,14H,2-3,6H2,1H3,(H,15,16);2-5,10H,1H3. The predicted octanol–water partition coefficient (Wildman–Crippen LogP) is 2.90. The Morgan fingerprint density at radius 1 is 1.00 bits per heavy atom. The summed E-state index contributed by atoms with van der Waals surface area (Å²) in [6.07, 6.45) is 2.96. The van der Waals surface area contributed by atoms with Crippen LogP contribution in [0, 0.1) is 0 Å². The molecule has 0 bridgehead atoms. The minimum atomic E-state index is -0.813. The van der Waals surface area contributed by atoms with Gasteiger partial charge in [-0.05, 0) is 48.4 Å². The molecule has 0 aromatic heterocycles. The lowest BCUT2D eigenvalue weighted by Crippen LogP contribution is -1.95. The molecular weight excluding hydrogens is 366 g/mol. The molecule has 0 saturated carbocycles. The molecule has 3 N–H and O–H groups in total. The van der Waals surface area contributed by atoms with Gasteiger partial charge < -0.3 is 24.8 Å². The van der Waals surface area contributed by atoms with Crippen molar-refractivity contribution in [1.29, 1.82) is 0 Å². The summed E-state index contributed by atoms with van der Waals surface area (Å²) in [4.78, 5) is 24.6. The molecule has 0 radical (unpaired) electrons. The second-order valence-electron chi connectivity index (χ2n) is 5.51. The van der Waals surface area contributed by atoms with Gasteiger partial charge in [-0.15, -0.1) is 0 Å². The normalized spacial score (nSPS) is 10.1. The fourth-order valence-electron chi connectivity index (χ4n) is 2.03. The first-order valence-corrected chi connectivity index (χ1v) is 8.32. The van der Waals surface area contributed by atoms with Crippen LogP contribution in [0.1, 0.15) is 28.8 Å². The lowest BCUT2D eigenvalue weighted by Gasteiger charge is -2.03. The van der Waals surface area contributed by atoms with Gasteiger partial charge in [0.2, 0.25) is 0 Å². The van der Waals surface area contributed by atoms with E-state index in [4.69, 9.17) is 19.7 Å². The maximum atomic E-state index is 10.3. The predicted molar refractivity (Wildman–Crippen MR) is 104 cm³/mol. The Morgan fingerprint density at radius 2 is 1.54 bits per heavy atom. The summed E-state index contributed by atoms with van der Waals surface area (Å²) < 4.78 is 9.73. The SMILES string of the molecule is COc1cc(C=NCCCC(=O)O)ccc1O.COc1cc(C=O)ccc1O. The van der Waals surface area contributed by atoms with Gasteiger partial charge in [0.15, 0.2) is 23.0 Å². The van der Waals surface area contributed by atoms with Crippen LogP contribution in [0.15, 0.2) is 41.4 Å². The van der Waals surface area contributed by atoms with Gasteiger partial charge in [-0.2, -0.15) is 0 Å². The zero-order valence-corrected chi connectivity index (χ0v) is 15.7. The van der Waals surface area contributed by atoms with Gasteiger partial charge >= 0.3 is 5.97 Å². The molecule has 0 saturated heterocycles. The number of benzene rings is 2. The van der Waals surface area contributed by atoms with Crippen LogP contribution in [0.25, 0.3) is 0 Å². The van der Waals surface area contributed by atoms with Gasteiger partial charge in [-0.1, -0.05) is 0 Å². The lowest BCUT2D eigenvalue weighted by molar-refractivity contribution is -0.137. The number of carboxylic acids is 1. The van der Waals surface area contributed by atoms with E-state index >= 15 is 0 Å². The Kier molecular flexibility index (Phi) is 9.60. The largest absolute Gasteiger partial charge is 0.504 e. The second-order valence-corrected chi connectivity index (χ2v) is 5.51. The van der Waals surface area contributed by atoms with E-state index < -0.39 is 5.97 Å². The Labute approximate surface area is 162 Å². The molecule has 8 nitrogen and oxygen atoms in total. The summed E-state index contributed by atoms with van der Waals surface area (Å²) in [6, 6.07) is 9.31. The lowest BCUT2D eigenvalue weighted by atomic mass is 10.2. The highest BCUT2D eigenvalue weighted by atomic mass is 16.5. The number of aliphatic carboxylic acids is 1. The summed E-state index contributed by atoms with van der Waals surface area (Å²) in [5.41, 5.74) is 1.29. The van der Waals surface area contributed by atoms with E-state index in [0.717, 1.165) is 5.56 Å². The molecule has 8 heteroatoms. The monoisotopic (exact) mass is 389 g/mol. The number of phenols is 2. The topological polar surface area (TPSA) is 126 Å². The highest BCUT2D eigenvalue weighted by Gasteiger charge is 2.01. The van der Waals surface area contributed by atoms with E-state index in [1.807, 2.05) is 0 Å². The quantitative estimate of drug-likeness (QED) is 0.360. The molecular formula is C20H23NO7. The van der Waals surface area contributed by atoms with Crippen molar-refractivity contribution in [2.45, 2.75) is 12.8 Å². The molecule has 0 aliphatic heterocycles. The first-order chi connectivity index (χ1) is 13.4. The number of carbonyl (C=O) groups is 2. The van der Waals surface area contributed by atoms with Crippen LogP contribution in [0.4, 0.5) is 0 Å². The number of hydrogen-bond acceptors (Lipinski definition) is 7. The van der Waals surface area contributed by atoms with Gasteiger partial charge in [0.25, 0.3) is 0 Å². The number of aldehydes is 1. The molecule has 0 aliphatic carbocycles. The van der Waals surface area contributed by atoms with Crippen molar-refractivity contribution in [1.82, 2.24) is 0 Å². The van der Waals surface area contributed by atoms with Crippen molar-refractivity contribution < 1.29 is 34.4 Å². The summed E-state index contributed by atoms with van der Waals surface area (Å²) in [6.45, 7) is 0.468. The zero-order chi connectivity index (χ0) is 20.9. The Balaban J connectivity index is 0.000000307. The third-order valence-corrected chi connectivity index (χ3v) is 3.46. The van der Waals surface area contributed by atoms with Crippen molar-refractivity contribution in [3.8, 4) is 23.0 Å². The van der Waals surface area contributed by atoms with E-state index in [2.05, 4.69) is 4.99 Å². The van der Waals surface area contributed by atoms with E-state index in [1.54, 1.807) is 18.3 Å². The van der Waals surface area contributed by atoms with Crippen LogP contribution in [-0.2, 0) is 4.79 Å². The molecule has 150 valence electrons. The third kappa shape index (κ3) is 7.77. The second kappa shape index (κ2) is 11.9. The number of aliphatic imine (C=N–C) groups is 1. The molecule has 0 atom stereocenters. The fourth-order valence-corrected chi connectivity index (χ4v) is 2.03. The van der Waals surface area contributed by atoms with Gasteiger partial charge in [-0.25, -0.2) is 0 Å². The summed E-state index contributed by atoms with van der Waals surface area (Å²) in [7, 11) is 2.91. The number of ether oxygens (including phenoxy) is 2. The summed E-state index contributed by atoms with van der Waals surface area (Å²) in [5, 5.41) is 26.9. The van der Waals surface area contributed by atoms with Gasteiger partial charge in [-0.3, -0.25) is 14.6 Å². The van der Waals surface area contributed by atoms with Crippen LogP contribution in [0.3, 0.4) is 0 Å². The molecule has 0 aliphatic rings. The van der Waals surface area contributed by atoms with E-state index in [0.29, 0.717) is 36.3 Å². The van der Waals surface area contributed by atoms with Crippen molar-refractivity contribution in [2.24, 2.45) is 4.99 Å². The number of phenolic OH excluding ortho intramolecular Hbond substituents is 2. The fraction of sp³-hybridized carbons (Fsp3) is 0.250. The molecule has 2 aromatic carbocycles. The van der Waals surface area contributed by atoms with E-state index in [9.17, 15) is 14.7 Å². The van der Waals surface area contributed by atoms with Gasteiger partial charge in [0, 0.05) is 24.7 Å². The average Bonchev–Trinajstić information content (AvgIpc) is 2.69. The number of carboxylic acid groups (broad SMARTS) is 1. The molecule has 2 aromatic rings. The first kappa shape index (κ1) is 22.5. The third-order valence-electron chi connectivity index (χ3n) is 3.46. The molecule has 0 unspecified atom stereocenters. The molecule has 0 heterocycles. The van der Waals surface area contributed by atoms with Gasteiger partial charge in [0.05, 0.1) is 14.2 Å². The number of hydrogen-bond donors (Lipinski definition) is 3. The maximum absolute atomic E-state index is 10.3. The summed E-state index contributed by atoms with van der Waals surface area (Å²) >= 11 is 0. The van der Waals surface area contributed by atoms with Crippen molar-refractivity contribution in [3.63, 3.8) is 0 Å². The average molecular weight is 389 g/mol. The molecule has 0 fully saturated rings. The maximum Gasteiger partial charge on any atom is 0.303 e. The van der Waals surface area contributed by atoms with E-state index in [1.165, 1.54) is 38.5 Å². The summed E-state index contributed by atoms with van der Waals surface area (Å²) in [5.74, 6) is 0.00853. The number of nitrogens with zero attached hydrogens (tertiary/aromatic N) is 1. The molecule has 0 amide bonds. The Hall–Kier alpha value is -3.55. The number of methoxy groups -OCH3 is 2. The Bertz CT molecular complexity index is 818. The number of rotatable bonds is 8. The zero-order valence-electron chi connectivity index (χ0n) is 15.7. The van der Waals surface area contributed by atoms with Crippen molar-refractivity contribution >= 4 is 18.5 Å². The molecule has 2 rings (SSSR count). The van der Waals surface area contributed by atoms with Crippen molar-refractivity contribution in [3.05, 3.63) is 47.5 Å². The minimum Gasteiger partial charge on any atom is -0.504 e. The van der Waals surface area contributed by atoms with Crippen LogP contribution >= 0.6 is 0 Å². The van der Waals surface area contributed by atoms with Crippen LogP contribution in [0.2, 0.25) is 0 Å². The highest BCUT2D eigenvalue weighted by molar-refractivity contribution is 5.81. The molecule has 28 heavy (non-hydrogen) atoms. The van der Waals surface area contributed by atoms with Crippen LogP contribution < -0.4 is 9.47 Å². The van der Waals surface area contributed by atoms with Crippen LogP contribution in [0.5, 0.6) is 23.0 Å². The Morgan fingerprint density at radius 3 is 2.04 bits per heavy atom. The number of aromatic hydroxyl groups is 2.